The molecule has 4 rings (SSSR count). The summed E-state index contributed by atoms with van der Waals surface area (Å²) < 4.78 is 15.6. The summed E-state index contributed by atoms with van der Waals surface area (Å²) in [6.45, 7) is 12.4. The normalized spacial score (nSPS) is 23.2. The van der Waals surface area contributed by atoms with Crippen LogP contribution in [0.25, 0.3) is 11.5 Å². The predicted octanol–water partition coefficient (Wildman–Crippen LogP) is 1.87. The van der Waals surface area contributed by atoms with Gasteiger partial charge >= 0.3 is 0 Å². The van der Waals surface area contributed by atoms with Crippen molar-refractivity contribution < 1.29 is 9.47 Å². The van der Waals surface area contributed by atoms with E-state index in [1.54, 1.807) is 0 Å². The van der Waals surface area contributed by atoms with Crippen LogP contribution in [0.2, 0.25) is 0 Å². The molecule has 0 aliphatic carbocycles. The van der Waals surface area contributed by atoms with Crippen LogP contribution in [0.15, 0.2) is 18.3 Å². The molecule has 2 aliphatic heterocycles. The van der Waals surface area contributed by atoms with Gasteiger partial charge in [-0.05, 0) is 32.4 Å². The molecule has 4 heterocycles. The second-order valence-electron chi connectivity index (χ2n) is 8.20. The van der Waals surface area contributed by atoms with Crippen LogP contribution in [0.4, 0.5) is 5.95 Å². The van der Waals surface area contributed by atoms with Crippen LogP contribution in [0.1, 0.15) is 20.3 Å². The van der Waals surface area contributed by atoms with E-state index in [2.05, 4.69) is 61.4 Å². The van der Waals surface area contributed by atoms with Gasteiger partial charge in [0.05, 0.1) is 18.9 Å². The molecule has 0 aromatic carbocycles. The average Bonchev–Trinajstić information content (AvgIpc) is 3.45. The molecular formula is C21H34N6O2. The van der Waals surface area contributed by atoms with Crippen LogP contribution in [0.3, 0.4) is 0 Å². The molecule has 2 aromatic heterocycles. The topological polar surface area (TPSA) is 60.6 Å². The van der Waals surface area contributed by atoms with Gasteiger partial charge in [-0.25, -0.2) is 0 Å². The number of hydrogen-bond acceptors (Lipinski definition) is 6. The molecule has 2 fully saturated rings. The standard InChI is InChI=1S/C21H34N6O2/c1-4-28-13-11-25-9-10-26(14-17(25)2)21-23-22-20(19-6-5-8-24(19)3)27(21)15-18-7-12-29-16-18/h5-6,8,17-18H,4,7,9-16H2,1-3H3. The van der Waals surface area contributed by atoms with Crippen molar-refractivity contribution in [3.63, 3.8) is 0 Å². The van der Waals surface area contributed by atoms with Crippen molar-refractivity contribution in [2.75, 3.05) is 57.5 Å². The van der Waals surface area contributed by atoms with E-state index in [1.807, 2.05) is 6.92 Å². The lowest BCUT2D eigenvalue weighted by molar-refractivity contribution is 0.0922. The summed E-state index contributed by atoms with van der Waals surface area (Å²) in [5.41, 5.74) is 1.10. The van der Waals surface area contributed by atoms with Crippen molar-refractivity contribution in [3.05, 3.63) is 18.3 Å². The number of aromatic nitrogens is 4. The van der Waals surface area contributed by atoms with E-state index in [4.69, 9.17) is 9.47 Å². The SMILES string of the molecule is CCOCCN1CCN(c2nnc(-c3cccn3C)n2CC2CCOC2)CC1C. The second-order valence-corrected chi connectivity index (χ2v) is 8.20. The van der Waals surface area contributed by atoms with Gasteiger partial charge in [-0.15, -0.1) is 10.2 Å². The van der Waals surface area contributed by atoms with E-state index in [9.17, 15) is 0 Å². The minimum absolute atomic E-state index is 0.461. The Morgan fingerprint density at radius 1 is 1.28 bits per heavy atom. The maximum atomic E-state index is 5.63. The molecule has 0 radical (unpaired) electrons. The lowest BCUT2D eigenvalue weighted by Gasteiger charge is -2.40. The van der Waals surface area contributed by atoms with Gasteiger partial charge in [-0.1, -0.05) is 0 Å². The van der Waals surface area contributed by atoms with E-state index >= 15 is 0 Å². The molecule has 0 N–H and O–H groups in total. The van der Waals surface area contributed by atoms with E-state index in [-0.39, 0.29) is 0 Å². The van der Waals surface area contributed by atoms with Gasteiger partial charge in [0.1, 0.15) is 0 Å². The van der Waals surface area contributed by atoms with Gasteiger partial charge in [-0.3, -0.25) is 9.47 Å². The third-order valence-electron chi connectivity index (χ3n) is 6.14. The molecule has 2 aliphatic rings. The maximum absolute atomic E-state index is 5.63. The quantitative estimate of drug-likeness (QED) is 0.628. The first-order valence-corrected chi connectivity index (χ1v) is 10.9. The van der Waals surface area contributed by atoms with Crippen LogP contribution in [0.5, 0.6) is 0 Å². The Morgan fingerprint density at radius 2 is 2.17 bits per heavy atom. The molecule has 2 atom stereocenters. The highest BCUT2D eigenvalue weighted by molar-refractivity contribution is 5.54. The number of rotatable bonds is 8. The Labute approximate surface area is 173 Å². The number of aryl methyl sites for hydroxylation is 1. The fourth-order valence-corrected chi connectivity index (χ4v) is 4.40. The first-order chi connectivity index (χ1) is 14.2. The molecule has 0 bridgehead atoms. The Hall–Kier alpha value is -1.90. The number of anilines is 1. The molecular weight excluding hydrogens is 368 g/mol. The maximum Gasteiger partial charge on any atom is 0.227 e. The second kappa shape index (κ2) is 9.28. The summed E-state index contributed by atoms with van der Waals surface area (Å²) in [5, 5.41) is 9.27. The molecule has 8 nitrogen and oxygen atoms in total. The Morgan fingerprint density at radius 3 is 2.86 bits per heavy atom. The zero-order chi connectivity index (χ0) is 20.2. The Kier molecular flexibility index (Phi) is 6.52. The fourth-order valence-electron chi connectivity index (χ4n) is 4.40. The van der Waals surface area contributed by atoms with Crippen LogP contribution in [-0.2, 0) is 23.1 Å². The summed E-state index contributed by atoms with van der Waals surface area (Å²) in [5.74, 6) is 2.46. The number of nitrogens with zero attached hydrogens (tertiary/aromatic N) is 6. The molecule has 0 spiro atoms. The van der Waals surface area contributed by atoms with Gasteiger partial charge in [-0.2, -0.15) is 0 Å². The molecule has 2 aromatic rings. The molecule has 2 unspecified atom stereocenters. The predicted molar refractivity (Wildman–Crippen MR) is 113 cm³/mol. The van der Waals surface area contributed by atoms with Gasteiger partial charge in [0.15, 0.2) is 5.82 Å². The van der Waals surface area contributed by atoms with Gasteiger partial charge in [0.25, 0.3) is 0 Å². The van der Waals surface area contributed by atoms with Crippen molar-refractivity contribution in [1.29, 1.82) is 0 Å². The monoisotopic (exact) mass is 402 g/mol. The zero-order valence-corrected chi connectivity index (χ0v) is 18.0. The van der Waals surface area contributed by atoms with Gasteiger partial charge in [0.2, 0.25) is 5.95 Å². The Bertz CT molecular complexity index is 782. The molecule has 8 heteroatoms. The first-order valence-electron chi connectivity index (χ1n) is 10.9. The molecule has 0 saturated carbocycles. The highest BCUT2D eigenvalue weighted by atomic mass is 16.5. The van der Waals surface area contributed by atoms with Crippen LogP contribution >= 0.6 is 0 Å². The summed E-state index contributed by atoms with van der Waals surface area (Å²) >= 11 is 0. The summed E-state index contributed by atoms with van der Waals surface area (Å²) in [4.78, 5) is 4.91. The fraction of sp³-hybridized carbons (Fsp3) is 0.714. The number of hydrogen-bond donors (Lipinski definition) is 0. The third-order valence-corrected chi connectivity index (χ3v) is 6.14. The minimum atomic E-state index is 0.461. The highest BCUT2D eigenvalue weighted by Crippen LogP contribution is 2.27. The van der Waals surface area contributed by atoms with E-state index in [1.165, 1.54) is 0 Å². The molecule has 2 saturated heterocycles. The molecule has 0 amide bonds. The summed E-state index contributed by atoms with van der Waals surface area (Å²) in [6, 6.07) is 4.64. The van der Waals surface area contributed by atoms with E-state index < -0.39 is 0 Å². The first kappa shape index (κ1) is 20.4. The van der Waals surface area contributed by atoms with Gasteiger partial charge < -0.3 is 18.9 Å². The van der Waals surface area contributed by atoms with Crippen molar-refractivity contribution in [3.8, 4) is 11.5 Å². The van der Waals surface area contributed by atoms with Crippen LogP contribution < -0.4 is 4.90 Å². The van der Waals surface area contributed by atoms with Gasteiger partial charge in [0, 0.05) is 71.1 Å². The average molecular weight is 403 g/mol. The van der Waals surface area contributed by atoms with Crippen molar-refractivity contribution in [2.45, 2.75) is 32.9 Å². The van der Waals surface area contributed by atoms with E-state index in [0.29, 0.717) is 12.0 Å². The largest absolute Gasteiger partial charge is 0.381 e. The van der Waals surface area contributed by atoms with Crippen molar-refractivity contribution in [2.24, 2.45) is 13.0 Å². The van der Waals surface area contributed by atoms with Crippen molar-refractivity contribution >= 4 is 5.95 Å². The summed E-state index contributed by atoms with van der Waals surface area (Å²) in [7, 11) is 2.06. The lowest BCUT2D eigenvalue weighted by Crippen LogP contribution is -2.53. The zero-order valence-electron chi connectivity index (χ0n) is 18.0. The van der Waals surface area contributed by atoms with Crippen LogP contribution in [-0.4, -0.2) is 82.9 Å². The lowest BCUT2D eigenvalue weighted by atomic mass is 10.1. The number of piperazine rings is 1. The smallest absolute Gasteiger partial charge is 0.227 e. The van der Waals surface area contributed by atoms with Crippen LogP contribution in [0, 0.1) is 5.92 Å². The molecule has 160 valence electrons. The highest BCUT2D eigenvalue weighted by Gasteiger charge is 2.29. The third kappa shape index (κ3) is 4.49. The number of ether oxygens (including phenoxy) is 2. The Balaban J connectivity index is 1.54. The minimum Gasteiger partial charge on any atom is -0.381 e. The van der Waals surface area contributed by atoms with Crippen molar-refractivity contribution in [1.82, 2.24) is 24.2 Å². The molecule has 29 heavy (non-hydrogen) atoms. The summed E-state index contributed by atoms with van der Waals surface area (Å²) in [6.07, 6.45) is 3.16. The van der Waals surface area contributed by atoms with E-state index in [0.717, 1.165) is 83.0 Å².